The molecule has 1 aliphatic rings. The van der Waals surface area contributed by atoms with Crippen LogP contribution in [0.2, 0.25) is 0 Å². The molecule has 112 valence electrons. The van der Waals surface area contributed by atoms with Crippen molar-refractivity contribution in [2.45, 2.75) is 32.2 Å². The van der Waals surface area contributed by atoms with E-state index in [1.54, 1.807) is 7.11 Å². The molecule has 1 aromatic carbocycles. The van der Waals surface area contributed by atoms with Crippen molar-refractivity contribution >= 4 is 0 Å². The number of ether oxygens (including phenoxy) is 1. The summed E-state index contributed by atoms with van der Waals surface area (Å²) < 4.78 is 5.25. The van der Waals surface area contributed by atoms with Gasteiger partial charge >= 0.3 is 0 Å². The molecular formula is C16H26N2O2. The lowest BCUT2D eigenvalue weighted by atomic mass is 9.97. The van der Waals surface area contributed by atoms with Crippen LogP contribution in [0.5, 0.6) is 11.5 Å². The average Bonchev–Trinajstić information content (AvgIpc) is 2.50. The number of methoxy groups -OCH3 is 1. The highest BCUT2D eigenvalue weighted by Gasteiger charge is 2.25. The number of piperazine rings is 1. The predicted octanol–water partition coefficient (Wildman–Crippen LogP) is 2.54. The first-order valence-corrected chi connectivity index (χ1v) is 7.58. The van der Waals surface area contributed by atoms with Gasteiger partial charge in [0.2, 0.25) is 0 Å². The maximum atomic E-state index is 10.4. The van der Waals surface area contributed by atoms with Gasteiger partial charge in [0, 0.05) is 37.8 Å². The van der Waals surface area contributed by atoms with E-state index in [9.17, 15) is 5.11 Å². The second-order valence-electron chi connectivity index (χ2n) is 5.34. The Kier molecular flexibility index (Phi) is 5.68. The Morgan fingerprint density at radius 2 is 2.10 bits per heavy atom. The van der Waals surface area contributed by atoms with Crippen LogP contribution in [0.15, 0.2) is 18.2 Å². The van der Waals surface area contributed by atoms with Crippen molar-refractivity contribution in [3.05, 3.63) is 23.8 Å². The standard InChI is InChI=1S/C16H26N2O2/c1-3-4-7-14(18-11-9-17-10-12-18)13-6-5-8-15(20-2)16(13)19/h5-6,8,14,17,19H,3-4,7,9-12H2,1-2H3/t14-/m0/s1. The molecule has 0 unspecified atom stereocenters. The molecule has 0 aliphatic carbocycles. The average molecular weight is 278 g/mol. The first-order valence-electron chi connectivity index (χ1n) is 7.58. The van der Waals surface area contributed by atoms with E-state index in [-0.39, 0.29) is 6.04 Å². The summed E-state index contributed by atoms with van der Waals surface area (Å²) in [4.78, 5) is 2.47. The first kappa shape index (κ1) is 15.1. The molecule has 0 bridgehead atoms. The first-order chi connectivity index (χ1) is 9.77. The minimum absolute atomic E-state index is 0.284. The van der Waals surface area contributed by atoms with E-state index >= 15 is 0 Å². The van der Waals surface area contributed by atoms with E-state index in [0.717, 1.165) is 38.2 Å². The summed E-state index contributed by atoms with van der Waals surface area (Å²) in [7, 11) is 1.60. The molecule has 0 radical (unpaired) electrons. The van der Waals surface area contributed by atoms with E-state index < -0.39 is 0 Å². The highest BCUT2D eigenvalue weighted by molar-refractivity contribution is 5.46. The topological polar surface area (TPSA) is 44.7 Å². The molecule has 2 rings (SSSR count). The van der Waals surface area contributed by atoms with Crippen LogP contribution in [0.1, 0.15) is 37.8 Å². The molecule has 1 aromatic rings. The number of nitrogens with one attached hydrogen (secondary N) is 1. The van der Waals surface area contributed by atoms with Gasteiger partial charge in [-0.25, -0.2) is 0 Å². The lowest BCUT2D eigenvalue weighted by Crippen LogP contribution is -2.45. The van der Waals surface area contributed by atoms with E-state index in [1.807, 2.05) is 18.2 Å². The summed E-state index contributed by atoms with van der Waals surface area (Å²) in [5, 5.41) is 13.8. The quantitative estimate of drug-likeness (QED) is 0.839. The van der Waals surface area contributed by atoms with Gasteiger partial charge in [-0.15, -0.1) is 0 Å². The molecule has 2 N–H and O–H groups in total. The highest BCUT2D eigenvalue weighted by atomic mass is 16.5. The number of unbranched alkanes of at least 4 members (excludes halogenated alkanes) is 1. The minimum atomic E-state index is 0.284. The molecule has 0 spiro atoms. The van der Waals surface area contributed by atoms with Crippen molar-refractivity contribution < 1.29 is 9.84 Å². The Morgan fingerprint density at radius 1 is 1.35 bits per heavy atom. The second-order valence-corrected chi connectivity index (χ2v) is 5.34. The van der Waals surface area contributed by atoms with Gasteiger partial charge in [0.25, 0.3) is 0 Å². The van der Waals surface area contributed by atoms with Crippen molar-refractivity contribution in [1.82, 2.24) is 10.2 Å². The van der Waals surface area contributed by atoms with Crippen molar-refractivity contribution in [2.24, 2.45) is 0 Å². The minimum Gasteiger partial charge on any atom is -0.504 e. The zero-order chi connectivity index (χ0) is 14.4. The van der Waals surface area contributed by atoms with E-state index in [2.05, 4.69) is 17.1 Å². The van der Waals surface area contributed by atoms with Crippen molar-refractivity contribution in [3.8, 4) is 11.5 Å². The molecule has 1 aliphatic heterocycles. The molecule has 4 heteroatoms. The molecular weight excluding hydrogens is 252 g/mol. The number of para-hydroxylation sites is 1. The van der Waals surface area contributed by atoms with Crippen LogP contribution in [0.3, 0.4) is 0 Å². The molecule has 4 nitrogen and oxygen atoms in total. The molecule has 1 saturated heterocycles. The Balaban J connectivity index is 2.25. The summed E-state index contributed by atoms with van der Waals surface area (Å²) in [6.45, 7) is 6.32. The fraction of sp³-hybridized carbons (Fsp3) is 0.625. The zero-order valence-corrected chi connectivity index (χ0v) is 12.6. The number of hydrogen-bond donors (Lipinski definition) is 2. The SMILES string of the molecule is CCCC[C@@H](c1cccc(OC)c1O)N1CCNCC1. The molecule has 0 aromatic heterocycles. The third kappa shape index (κ3) is 3.44. The Hall–Kier alpha value is -1.26. The lowest BCUT2D eigenvalue weighted by Gasteiger charge is -2.35. The maximum absolute atomic E-state index is 10.4. The third-order valence-electron chi connectivity index (χ3n) is 4.03. The summed E-state index contributed by atoms with van der Waals surface area (Å²) in [5.41, 5.74) is 1.000. The van der Waals surface area contributed by atoms with E-state index in [0.29, 0.717) is 11.5 Å². The van der Waals surface area contributed by atoms with Gasteiger partial charge in [-0.05, 0) is 12.5 Å². The monoisotopic (exact) mass is 278 g/mol. The number of benzene rings is 1. The summed E-state index contributed by atoms with van der Waals surface area (Å²) in [5.74, 6) is 0.869. The van der Waals surface area contributed by atoms with Gasteiger partial charge < -0.3 is 15.2 Å². The predicted molar refractivity (Wildman–Crippen MR) is 81.4 cm³/mol. The number of nitrogens with zero attached hydrogens (tertiary/aromatic N) is 1. The van der Waals surface area contributed by atoms with Gasteiger partial charge in [0.1, 0.15) is 0 Å². The van der Waals surface area contributed by atoms with Crippen LogP contribution in [0.4, 0.5) is 0 Å². The number of phenols is 1. The summed E-state index contributed by atoms with van der Waals surface area (Å²) >= 11 is 0. The van der Waals surface area contributed by atoms with Crippen LogP contribution < -0.4 is 10.1 Å². The number of phenolic OH excluding ortho intramolecular Hbond substituents is 1. The van der Waals surface area contributed by atoms with Crippen molar-refractivity contribution in [2.75, 3.05) is 33.3 Å². The number of aromatic hydroxyl groups is 1. The smallest absolute Gasteiger partial charge is 0.162 e. The van der Waals surface area contributed by atoms with Crippen LogP contribution in [0.25, 0.3) is 0 Å². The normalized spacial score (nSPS) is 17.9. The van der Waals surface area contributed by atoms with Gasteiger partial charge in [0.05, 0.1) is 7.11 Å². The Morgan fingerprint density at radius 3 is 2.75 bits per heavy atom. The maximum Gasteiger partial charge on any atom is 0.162 e. The fourth-order valence-electron chi connectivity index (χ4n) is 2.90. The zero-order valence-electron chi connectivity index (χ0n) is 12.6. The Bertz CT molecular complexity index is 417. The molecule has 20 heavy (non-hydrogen) atoms. The largest absolute Gasteiger partial charge is 0.504 e. The summed E-state index contributed by atoms with van der Waals surface area (Å²) in [6, 6.07) is 6.09. The Labute approximate surface area is 121 Å². The van der Waals surface area contributed by atoms with Gasteiger partial charge in [-0.2, -0.15) is 0 Å². The van der Waals surface area contributed by atoms with E-state index in [4.69, 9.17) is 4.74 Å². The molecule has 0 saturated carbocycles. The number of rotatable bonds is 6. The summed E-state index contributed by atoms with van der Waals surface area (Å²) in [6.07, 6.45) is 3.43. The number of hydrogen-bond acceptors (Lipinski definition) is 4. The van der Waals surface area contributed by atoms with Gasteiger partial charge in [-0.1, -0.05) is 31.9 Å². The molecule has 1 fully saturated rings. The van der Waals surface area contributed by atoms with Gasteiger partial charge in [0.15, 0.2) is 11.5 Å². The second kappa shape index (κ2) is 7.50. The van der Waals surface area contributed by atoms with Crippen LogP contribution in [-0.4, -0.2) is 43.3 Å². The van der Waals surface area contributed by atoms with Crippen LogP contribution in [-0.2, 0) is 0 Å². The fourth-order valence-corrected chi connectivity index (χ4v) is 2.90. The van der Waals surface area contributed by atoms with Crippen LogP contribution in [0, 0.1) is 0 Å². The van der Waals surface area contributed by atoms with Gasteiger partial charge in [-0.3, -0.25) is 4.90 Å². The van der Waals surface area contributed by atoms with Crippen LogP contribution >= 0.6 is 0 Å². The lowest BCUT2D eigenvalue weighted by molar-refractivity contribution is 0.160. The van der Waals surface area contributed by atoms with E-state index in [1.165, 1.54) is 12.8 Å². The van der Waals surface area contributed by atoms with Crippen molar-refractivity contribution in [3.63, 3.8) is 0 Å². The van der Waals surface area contributed by atoms with Crippen molar-refractivity contribution in [1.29, 1.82) is 0 Å². The highest BCUT2D eigenvalue weighted by Crippen LogP contribution is 2.38. The third-order valence-corrected chi connectivity index (χ3v) is 4.03. The molecule has 1 heterocycles. The molecule has 0 amide bonds. The molecule has 1 atom stereocenters.